The normalized spacial score (nSPS) is 10.8. The van der Waals surface area contributed by atoms with Gasteiger partial charge < -0.3 is 10.1 Å². The number of carbonyl (C=O) groups is 2. The Balaban J connectivity index is 1.61. The molecular formula is C25H19ClN4O3. The summed E-state index contributed by atoms with van der Waals surface area (Å²) in [5.41, 5.74) is 5.43. The predicted molar refractivity (Wildman–Crippen MR) is 129 cm³/mol. The lowest BCUT2D eigenvalue weighted by atomic mass is 10.1. The molecule has 0 radical (unpaired) electrons. The number of benzene rings is 3. The van der Waals surface area contributed by atoms with Gasteiger partial charge in [0.25, 0.3) is 5.91 Å². The maximum absolute atomic E-state index is 12.3. The summed E-state index contributed by atoms with van der Waals surface area (Å²) in [5.74, 6) is 0.718. The molecule has 0 saturated carbocycles. The zero-order valence-corrected chi connectivity index (χ0v) is 18.3. The molecule has 0 atom stereocenters. The first-order valence-electron chi connectivity index (χ1n) is 10.0. The topological polar surface area (TPSA) is 92.7 Å². The molecule has 4 aromatic rings. The molecule has 0 saturated heterocycles. The number of anilines is 1. The van der Waals surface area contributed by atoms with E-state index in [2.05, 4.69) is 20.8 Å². The molecule has 0 unspecified atom stereocenters. The first-order chi connectivity index (χ1) is 16.0. The Hall–Kier alpha value is -4.23. The zero-order chi connectivity index (χ0) is 23.2. The van der Waals surface area contributed by atoms with Crippen LogP contribution in [-0.4, -0.2) is 23.5 Å². The number of aromatic nitrogens is 1. The number of fused-ring (bicyclic) bond motifs is 1. The third-order valence-electron chi connectivity index (χ3n) is 4.84. The van der Waals surface area contributed by atoms with Crippen LogP contribution in [0.3, 0.4) is 0 Å². The number of halogens is 1. The number of amides is 2. The molecule has 2 N–H and O–H groups in total. The molecule has 3 aromatic carbocycles. The molecule has 0 aliphatic heterocycles. The number of rotatable bonds is 7. The molecule has 2 amide bonds. The lowest BCUT2D eigenvalue weighted by Crippen LogP contribution is -2.18. The van der Waals surface area contributed by atoms with Crippen molar-refractivity contribution in [3.8, 4) is 11.5 Å². The Kier molecular flexibility index (Phi) is 6.61. The Labute approximate surface area is 195 Å². The zero-order valence-electron chi connectivity index (χ0n) is 17.6. The highest BCUT2D eigenvalue weighted by atomic mass is 35.5. The summed E-state index contributed by atoms with van der Waals surface area (Å²) < 4.78 is 5.90. The average molecular weight is 459 g/mol. The van der Waals surface area contributed by atoms with E-state index in [-0.39, 0.29) is 11.1 Å². The quantitative estimate of drug-likeness (QED) is 0.169. The minimum Gasteiger partial charge on any atom is -0.455 e. The lowest BCUT2D eigenvalue weighted by Gasteiger charge is -2.12. The second-order valence-corrected chi connectivity index (χ2v) is 7.46. The molecule has 7 nitrogen and oxygen atoms in total. The number of hydrogen-bond donors (Lipinski definition) is 2. The molecule has 8 heteroatoms. The number of carbonyl (C=O) groups excluding carboxylic acids is 2. The van der Waals surface area contributed by atoms with Crippen molar-refractivity contribution >= 4 is 46.7 Å². The van der Waals surface area contributed by atoms with Crippen molar-refractivity contribution in [3.05, 3.63) is 94.6 Å². The molecule has 1 aromatic heterocycles. The van der Waals surface area contributed by atoms with Crippen LogP contribution in [0, 0.1) is 6.92 Å². The fraction of sp³-hybridized carbons (Fsp3) is 0.0400. The summed E-state index contributed by atoms with van der Waals surface area (Å²) in [6, 6.07) is 21.6. The van der Waals surface area contributed by atoms with Crippen molar-refractivity contribution in [2.45, 2.75) is 6.92 Å². The van der Waals surface area contributed by atoms with Crippen LogP contribution in [0.4, 0.5) is 5.69 Å². The summed E-state index contributed by atoms with van der Waals surface area (Å²) in [7, 11) is 0. The summed E-state index contributed by atoms with van der Waals surface area (Å²) in [6.45, 7) is 1.85. The minimum atomic E-state index is -0.325. The lowest BCUT2D eigenvalue weighted by molar-refractivity contribution is -0.105. The van der Waals surface area contributed by atoms with E-state index in [4.69, 9.17) is 16.3 Å². The predicted octanol–water partition coefficient (Wildman–Crippen LogP) is 5.32. The molecule has 0 aliphatic rings. The van der Waals surface area contributed by atoms with Gasteiger partial charge in [-0.05, 0) is 42.8 Å². The molecular weight excluding hydrogens is 440 g/mol. The molecule has 1 heterocycles. The first kappa shape index (κ1) is 22.0. The van der Waals surface area contributed by atoms with E-state index in [1.807, 2.05) is 37.3 Å². The van der Waals surface area contributed by atoms with E-state index in [0.717, 1.165) is 5.56 Å². The van der Waals surface area contributed by atoms with E-state index < -0.39 is 0 Å². The fourth-order valence-electron chi connectivity index (χ4n) is 3.21. The molecule has 4 rings (SSSR count). The fourth-order valence-corrected chi connectivity index (χ4v) is 3.41. The van der Waals surface area contributed by atoms with Gasteiger partial charge in [0.15, 0.2) is 5.75 Å². The van der Waals surface area contributed by atoms with E-state index in [1.165, 1.54) is 6.21 Å². The smallest absolute Gasteiger partial charge is 0.271 e. The van der Waals surface area contributed by atoms with Crippen molar-refractivity contribution in [2.24, 2.45) is 5.10 Å². The van der Waals surface area contributed by atoms with Crippen LogP contribution in [0.15, 0.2) is 77.9 Å². The van der Waals surface area contributed by atoms with Gasteiger partial charge in [-0.2, -0.15) is 5.10 Å². The van der Waals surface area contributed by atoms with Crippen LogP contribution >= 0.6 is 11.6 Å². The second kappa shape index (κ2) is 9.93. The Bertz CT molecular complexity index is 1360. The Morgan fingerprint density at radius 1 is 1.06 bits per heavy atom. The number of pyridine rings is 1. The third-order valence-corrected chi connectivity index (χ3v) is 5.14. The van der Waals surface area contributed by atoms with Crippen molar-refractivity contribution in [3.63, 3.8) is 0 Å². The maximum Gasteiger partial charge on any atom is 0.271 e. The van der Waals surface area contributed by atoms with Crippen LogP contribution in [0.25, 0.3) is 10.9 Å². The van der Waals surface area contributed by atoms with Crippen molar-refractivity contribution < 1.29 is 14.3 Å². The Morgan fingerprint density at radius 2 is 1.82 bits per heavy atom. The molecule has 0 aliphatic carbocycles. The number of nitrogens with one attached hydrogen (secondary N) is 2. The number of hydrogen-bond acceptors (Lipinski definition) is 5. The number of aryl methyl sites for hydroxylation is 1. The van der Waals surface area contributed by atoms with Crippen molar-refractivity contribution in [2.75, 3.05) is 5.32 Å². The van der Waals surface area contributed by atoms with E-state index >= 15 is 0 Å². The van der Waals surface area contributed by atoms with Gasteiger partial charge in [0.2, 0.25) is 6.41 Å². The van der Waals surface area contributed by atoms with Gasteiger partial charge in [0, 0.05) is 22.6 Å². The summed E-state index contributed by atoms with van der Waals surface area (Å²) in [4.78, 5) is 27.9. The van der Waals surface area contributed by atoms with E-state index in [9.17, 15) is 9.59 Å². The summed E-state index contributed by atoms with van der Waals surface area (Å²) >= 11 is 6.35. The van der Waals surface area contributed by atoms with E-state index in [1.54, 1.807) is 42.5 Å². The highest BCUT2D eigenvalue weighted by Gasteiger charge is 2.12. The largest absolute Gasteiger partial charge is 0.455 e. The highest BCUT2D eigenvalue weighted by Crippen LogP contribution is 2.34. The SMILES string of the molecule is Cc1ccccc1C(=O)N/N=C/c1cc2cc(NC=O)c(Oc3ccccc3)cc2nc1Cl. The minimum absolute atomic E-state index is 0.207. The molecule has 0 fully saturated rings. The standard InChI is InChI=1S/C25H19ClN4O3/c1-16-7-5-6-10-20(16)25(32)30-28-14-18-11-17-12-22(27-15-31)23(13-21(17)29-24(18)26)33-19-8-3-2-4-9-19/h2-15H,1H3,(H,27,31)(H,30,32)/b28-14+. The first-order valence-corrected chi connectivity index (χ1v) is 10.4. The third kappa shape index (κ3) is 5.16. The molecule has 33 heavy (non-hydrogen) atoms. The van der Waals surface area contributed by atoms with Crippen molar-refractivity contribution in [1.29, 1.82) is 0 Å². The summed E-state index contributed by atoms with van der Waals surface area (Å²) in [5, 5.41) is 7.57. The van der Waals surface area contributed by atoms with Gasteiger partial charge in [0.1, 0.15) is 10.9 Å². The highest BCUT2D eigenvalue weighted by molar-refractivity contribution is 6.32. The number of nitrogens with zero attached hydrogens (tertiary/aromatic N) is 2. The molecule has 0 bridgehead atoms. The average Bonchev–Trinajstić information content (AvgIpc) is 2.81. The monoisotopic (exact) mass is 458 g/mol. The van der Waals surface area contributed by atoms with Crippen LogP contribution < -0.4 is 15.5 Å². The van der Waals surface area contributed by atoms with Crippen LogP contribution in [0.1, 0.15) is 21.5 Å². The van der Waals surface area contributed by atoms with Crippen molar-refractivity contribution in [1.82, 2.24) is 10.4 Å². The summed E-state index contributed by atoms with van der Waals surface area (Å²) in [6.07, 6.45) is 2.00. The molecule has 164 valence electrons. The van der Waals surface area contributed by atoms with Gasteiger partial charge in [-0.25, -0.2) is 10.4 Å². The second-order valence-electron chi connectivity index (χ2n) is 7.10. The number of ether oxygens (including phenoxy) is 1. The number of para-hydroxylation sites is 1. The van der Waals surface area contributed by atoms with Crippen LogP contribution in [0.5, 0.6) is 11.5 Å². The van der Waals surface area contributed by atoms with Gasteiger partial charge >= 0.3 is 0 Å². The van der Waals surface area contributed by atoms with Crippen LogP contribution in [0.2, 0.25) is 5.15 Å². The maximum atomic E-state index is 12.3. The van der Waals surface area contributed by atoms with Gasteiger partial charge in [-0.1, -0.05) is 48.0 Å². The van der Waals surface area contributed by atoms with E-state index in [0.29, 0.717) is 45.6 Å². The van der Waals surface area contributed by atoms with Crippen LogP contribution in [-0.2, 0) is 4.79 Å². The van der Waals surface area contributed by atoms with Gasteiger partial charge in [-0.3, -0.25) is 9.59 Å². The van der Waals surface area contributed by atoms with Gasteiger partial charge in [-0.15, -0.1) is 0 Å². The number of hydrazone groups is 1. The van der Waals surface area contributed by atoms with Gasteiger partial charge in [0.05, 0.1) is 17.4 Å². The Morgan fingerprint density at radius 3 is 2.58 bits per heavy atom. The molecule has 0 spiro atoms.